The number of hydrogen-bond donors (Lipinski definition) is 2. The number of aryl methyl sites for hydroxylation is 1. The van der Waals surface area contributed by atoms with Crippen LogP contribution in [0.1, 0.15) is 0 Å². The molecule has 0 spiro atoms. The third-order valence-corrected chi connectivity index (χ3v) is 3.68. The largest absolute Gasteiger partial charge is 0.465 e. The summed E-state index contributed by atoms with van der Waals surface area (Å²) in [6.45, 7) is 0. The fraction of sp³-hybridized carbons (Fsp3) is 0.0625. The van der Waals surface area contributed by atoms with Crippen molar-refractivity contribution in [3.63, 3.8) is 0 Å². The van der Waals surface area contributed by atoms with Crippen LogP contribution in [0, 0.1) is 0 Å². The monoisotopic (exact) mass is 300 g/mol. The van der Waals surface area contributed by atoms with Crippen LogP contribution in [0.5, 0.6) is 0 Å². The lowest BCUT2D eigenvalue weighted by Crippen LogP contribution is -2.11. The lowest BCUT2D eigenvalue weighted by atomic mass is 10.0. The molecule has 3 rings (SSSR count). The SMILES string of the molecule is Cn1c(NC(=O)O)c(-c2ccccc2)c2cc(Cl)ccc21. The molecule has 106 valence electrons. The second-order valence-electron chi connectivity index (χ2n) is 4.74. The van der Waals surface area contributed by atoms with Gasteiger partial charge in [-0.2, -0.15) is 0 Å². The first-order valence-corrected chi connectivity index (χ1v) is 6.79. The molecule has 2 N–H and O–H groups in total. The molecule has 4 nitrogen and oxygen atoms in total. The minimum Gasteiger partial charge on any atom is -0.465 e. The molecule has 0 atom stereocenters. The van der Waals surface area contributed by atoms with Crippen LogP contribution in [0.25, 0.3) is 22.0 Å². The second kappa shape index (κ2) is 5.14. The van der Waals surface area contributed by atoms with E-state index in [4.69, 9.17) is 16.7 Å². The van der Waals surface area contributed by atoms with Gasteiger partial charge >= 0.3 is 6.09 Å². The third-order valence-electron chi connectivity index (χ3n) is 3.45. The number of aromatic nitrogens is 1. The van der Waals surface area contributed by atoms with Crippen molar-refractivity contribution in [2.75, 3.05) is 5.32 Å². The zero-order valence-corrected chi connectivity index (χ0v) is 12.1. The Labute approximate surface area is 126 Å². The highest BCUT2D eigenvalue weighted by molar-refractivity contribution is 6.31. The smallest absolute Gasteiger partial charge is 0.410 e. The highest BCUT2D eigenvalue weighted by Crippen LogP contribution is 2.38. The van der Waals surface area contributed by atoms with E-state index < -0.39 is 6.09 Å². The number of amides is 1. The molecule has 0 fully saturated rings. The van der Waals surface area contributed by atoms with Gasteiger partial charge in [-0.05, 0) is 23.8 Å². The average Bonchev–Trinajstić information content (AvgIpc) is 2.72. The second-order valence-corrected chi connectivity index (χ2v) is 5.18. The Morgan fingerprint density at radius 3 is 2.57 bits per heavy atom. The average molecular weight is 301 g/mol. The van der Waals surface area contributed by atoms with E-state index in [0.717, 1.165) is 22.0 Å². The minimum absolute atomic E-state index is 0.533. The Morgan fingerprint density at radius 2 is 1.90 bits per heavy atom. The Balaban J connectivity index is 2.38. The molecule has 1 amide bonds. The summed E-state index contributed by atoms with van der Waals surface area (Å²) in [6, 6.07) is 15.2. The molecule has 0 aliphatic heterocycles. The molecule has 0 bridgehead atoms. The van der Waals surface area contributed by atoms with Gasteiger partial charge in [0, 0.05) is 23.0 Å². The molecule has 1 aromatic heterocycles. The van der Waals surface area contributed by atoms with Crippen LogP contribution >= 0.6 is 11.6 Å². The molecule has 1 heterocycles. The molecule has 21 heavy (non-hydrogen) atoms. The van der Waals surface area contributed by atoms with E-state index in [9.17, 15) is 4.79 Å². The number of fused-ring (bicyclic) bond motifs is 1. The Bertz CT molecular complexity index is 825. The number of rotatable bonds is 2. The van der Waals surface area contributed by atoms with Crippen molar-refractivity contribution in [3.05, 3.63) is 53.6 Å². The van der Waals surface area contributed by atoms with E-state index in [0.29, 0.717) is 10.8 Å². The molecule has 0 unspecified atom stereocenters. The molecule has 0 aliphatic carbocycles. The van der Waals surface area contributed by atoms with Crippen LogP contribution in [0.3, 0.4) is 0 Å². The summed E-state index contributed by atoms with van der Waals surface area (Å²) in [5.74, 6) is 0.533. The van der Waals surface area contributed by atoms with Crippen molar-refractivity contribution in [1.29, 1.82) is 0 Å². The summed E-state index contributed by atoms with van der Waals surface area (Å²) < 4.78 is 1.82. The number of nitrogens with one attached hydrogen (secondary N) is 1. The minimum atomic E-state index is -1.09. The van der Waals surface area contributed by atoms with E-state index in [1.807, 2.05) is 54.1 Å². The first-order chi connectivity index (χ1) is 10.1. The number of carbonyl (C=O) groups is 1. The van der Waals surface area contributed by atoms with Crippen LogP contribution in [0.4, 0.5) is 10.6 Å². The predicted molar refractivity (Wildman–Crippen MR) is 85.0 cm³/mol. The maximum Gasteiger partial charge on any atom is 0.410 e. The van der Waals surface area contributed by atoms with Crippen molar-refractivity contribution in [2.45, 2.75) is 0 Å². The summed E-state index contributed by atoms with van der Waals surface area (Å²) in [5.41, 5.74) is 2.69. The van der Waals surface area contributed by atoms with Crippen LogP contribution in [0.2, 0.25) is 5.02 Å². The Kier molecular flexibility index (Phi) is 3.31. The van der Waals surface area contributed by atoms with E-state index in [-0.39, 0.29) is 0 Å². The summed E-state index contributed by atoms with van der Waals surface area (Å²) in [7, 11) is 1.83. The predicted octanol–water partition coefficient (Wildman–Crippen LogP) is 4.59. The number of nitrogens with zero attached hydrogens (tertiary/aromatic N) is 1. The van der Waals surface area contributed by atoms with Crippen LogP contribution < -0.4 is 5.32 Å². The topological polar surface area (TPSA) is 54.3 Å². The van der Waals surface area contributed by atoms with Crippen LogP contribution in [-0.2, 0) is 7.05 Å². The number of carboxylic acid groups (broad SMARTS) is 1. The van der Waals surface area contributed by atoms with Crippen LogP contribution in [0.15, 0.2) is 48.5 Å². The molecule has 2 aromatic carbocycles. The van der Waals surface area contributed by atoms with Crippen molar-refractivity contribution in [2.24, 2.45) is 7.05 Å². The normalized spacial score (nSPS) is 10.8. The van der Waals surface area contributed by atoms with E-state index in [1.54, 1.807) is 6.07 Å². The highest BCUT2D eigenvalue weighted by Gasteiger charge is 2.18. The Hall–Kier alpha value is -2.46. The van der Waals surface area contributed by atoms with E-state index in [2.05, 4.69) is 5.32 Å². The van der Waals surface area contributed by atoms with Crippen molar-refractivity contribution in [1.82, 2.24) is 4.57 Å². The first-order valence-electron chi connectivity index (χ1n) is 6.41. The van der Waals surface area contributed by atoms with Gasteiger partial charge in [-0.25, -0.2) is 4.79 Å². The van der Waals surface area contributed by atoms with Gasteiger partial charge < -0.3 is 9.67 Å². The molecule has 3 aromatic rings. The van der Waals surface area contributed by atoms with Crippen molar-refractivity contribution < 1.29 is 9.90 Å². The van der Waals surface area contributed by atoms with E-state index >= 15 is 0 Å². The van der Waals surface area contributed by atoms with Gasteiger partial charge in [-0.15, -0.1) is 0 Å². The first kappa shape index (κ1) is 13.5. The molecule has 0 saturated heterocycles. The highest BCUT2D eigenvalue weighted by atomic mass is 35.5. The quantitative estimate of drug-likeness (QED) is 0.727. The van der Waals surface area contributed by atoms with Crippen molar-refractivity contribution in [3.8, 4) is 11.1 Å². The summed E-state index contributed by atoms with van der Waals surface area (Å²) >= 11 is 6.10. The number of benzene rings is 2. The lowest BCUT2D eigenvalue weighted by molar-refractivity contribution is 0.209. The van der Waals surface area contributed by atoms with Gasteiger partial charge in [0.2, 0.25) is 0 Å². The molecule has 0 aliphatic rings. The molecular formula is C16H13ClN2O2. The third kappa shape index (κ3) is 2.34. The zero-order chi connectivity index (χ0) is 15.0. The summed E-state index contributed by atoms with van der Waals surface area (Å²) in [4.78, 5) is 11.1. The van der Waals surface area contributed by atoms with Gasteiger partial charge in [-0.3, -0.25) is 5.32 Å². The van der Waals surface area contributed by atoms with E-state index in [1.165, 1.54) is 0 Å². The van der Waals surface area contributed by atoms with Crippen LogP contribution in [-0.4, -0.2) is 15.8 Å². The number of halogens is 1. The standard InChI is InChI=1S/C16H13ClN2O2/c1-19-13-8-7-11(17)9-12(13)14(15(19)18-16(20)21)10-5-3-2-4-6-10/h2-9,18H,1H3,(H,20,21). The van der Waals surface area contributed by atoms with Gasteiger partial charge in [0.25, 0.3) is 0 Å². The lowest BCUT2D eigenvalue weighted by Gasteiger charge is -2.07. The molecule has 0 radical (unpaired) electrons. The maximum atomic E-state index is 11.1. The fourth-order valence-electron chi connectivity index (χ4n) is 2.56. The molecule has 5 heteroatoms. The maximum absolute atomic E-state index is 11.1. The number of anilines is 1. The van der Waals surface area contributed by atoms with Gasteiger partial charge in [0.1, 0.15) is 5.82 Å². The van der Waals surface area contributed by atoms with Gasteiger partial charge in [0.05, 0.1) is 5.52 Å². The summed E-state index contributed by atoms with van der Waals surface area (Å²) in [6.07, 6.45) is -1.09. The zero-order valence-electron chi connectivity index (χ0n) is 11.3. The summed E-state index contributed by atoms with van der Waals surface area (Å²) in [5, 5.41) is 13.1. The molecular weight excluding hydrogens is 288 g/mol. The molecule has 0 saturated carbocycles. The fourth-order valence-corrected chi connectivity index (χ4v) is 2.73. The Morgan fingerprint density at radius 1 is 1.19 bits per heavy atom. The van der Waals surface area contributed by atoms with Crippen molar-refractivity contribution >= 4 is 34.4 Å². The van der Waals surface area contributed by atoms with Gasteiger partial charge in [-0.1, -0.05) is 41.9 Å². The van der Waals surface area contributed by atoms with Gasteiger partial charge in [0.15, 0.2) is 0 Å². The number of hydrogen-bond acceptors (Lipinski definition) is 1.